The van der Waals surface area contributed by atoms with Gasteiger partial charge in [-0.1, -0.05) is 38.1 Å². The molecule has 0 saturated carbocycles. The molecule has 1 aromatic heterocycles. The first kappa shape index (κ1) is 14.7. The van der Waals surface area contributed by atoms with Crippen LogP contribution in [0.3, 0.4) is 0 Å². The Hall–Kier alpha value is -1.67. The maximum absolute atomic E-state index is 4.06. The molecule has 0 bridgehead atoms. The number of aromatic nitrogens is 1. The van der Waals surface area contributed by atoms with Crippen LogP contribution in [0.25, 0.3) is 0 Å². The molecule has 0 spiro atoms. The summed E-state index contributed by atoms with van der Waals surface area (Å²) >= 11 is 0. The molecule has 0 fully saturated rings. The third-order valence-electron chi connectivity index (χ3n) is 3.81. The van der Waals surface area contributed by atoms with E-state index in [1.54, 1.807) is 0 Å². The number of hydrogen-bond acceptors (Lipinski definition) is 2. The maximum Gasteiger partial charge on any atom is 0.0298 e. The van der Waals surface area contributed by atoms with Gasteiger partial charge in [0.2, 0.25) is 0 Å². The Kier molecular flexibility index (Phi) is 4.91. The zero-order valence-electron chi connectivity index (χ0n) is 12.8. The van der Waals surface area contributed by atoms with E-state index in [4.69, 9.17) is 0 Å². The Balaban J connectivity index is 2.02. The molecule has 0 aliphatic rings. The summed E-state index contributed by atoms with van der Waals surface area (Å²) < 4.78 is 0. The first-order valence-corrected chi connectivity index (χ1v) is 7.33. The average molecular weight is 268 g/mol. The molecule has 0 aliphatic heterocycles. The number of nitrogens with zero attached hydrogens (tertiary/aromatic N) is 1. The van der Waals surface area contributed by atoms with Crippen molar-refractivity contribution in [3.8, 4) is 0 Å². The van der Waals surface area contributed by atoms with Gasteiger partial charge in [0.05, 0.1) is 0 Å². The molecule has 2 rings (SSSR count). The fraction of sp³-hybridized carbons (Fsp3) is 0.389. The van der Waals surface area contributed by atoms with E-state index in [-0.39, 0.29) is 0 Å². The van der Waals surface area contributed by atoms with Crippen molar-refractivity contribution < 1.29 is 0 Å². The summed E-state index contributed by atoms with van der Waals surface area (Å²) in [7, 11) is 0. The van der Waals surface area contributed by atoms with Crippen LogP contribution in [0.15, 0.2) is 48.8 Å². The highest BCUT2D eigenvalue weighted by Gasteiger charge is 2.11. The second-order valence-electron chi connectivity index (χ2n) is 5.71. The Morgan fingerprint density at radius 2 is 1.15 bits per heavy atom. The molecule has 0 amide bonds. The lowest BCUT2D eigenvalue weighted by molar-refractivity contribution is 0.494. The maximum atomic E-state index is 4.06. The molecule has 20 heavy (non-hydrogen) atoms. The Labute approximate surface area is 122 Å². The number of rotatable bonds is 5. The van der Waals surface area contributed by atoms with Crippen LogP contribution in [0.4, 0.5) is 0 Å². The SMILES string of the molecule is CC(C)c1ccc(C(C)N[C@@H](C)c2ccncc2)cc1. The molecule has 1 N–H and O–H groups in total. The molecular formula is C18H24N2. The first-order chi connectivity index (χ1) is 9.58. The van der Waals surface area contributed by atoms with Crippen molar-refractivity contribution in [3.05, 3.63) is 65.5 Å². The molecular weight excluding hydrogens is 244 g/mol. The second-order valence-corrected chi connectivity index (χ2v) is 5.71. The van der Waals surface area contributed by atoms with Crippen molar-refractivity contribution in [2.75, 3.05) is 0 Å². The van der Waals surface area contributed by atoms with E-state index in [0.29, 0.717) is 18.0 Å². The van der Waals surface area contributed by atoms with E-state index in [2.05, 4.69) is 74.4 Å². The highest BCUT2D eigenvalue weighted by atomic mass is 14.9. The molecule has 2 aromatic rings. The van der Waals surface area contributed by atoms with E-state index < -0.39 is 0 Å². The summed E-state index contributed by atoms with van der Waals surface area (Å²) in [5.41, 5.74) is 3.99. The van der Waals surface area contributed by atoms with Gasteiger partial charge < -0.3 is 5.32 Å². The highest BCUT2D eigenvalue weighted by molar-refractivity contribution is 5.27. The summed E-state index contributed by atoms with van der Waals surface area (Å²) in [6, 6.07) is 13.7. The van der Waals surface area contributed by atoms with Crippen LogP contribution in [0.2, 0.25) is 0 Å². The van der Waals surface area contributed by atoms with Crippen LogP contribution in [-0.2, 0) is 0 Å². The van der Waals surface area contributed by atoms with Crippen LogP contribution >= 0.6 is 0 Å². The fourth-order valence-electron chi connectivity index (χ4n) is 2.39. The minimum Gasteiger partial charge on any atom is -0.304 e. The third-order valence-corrected chi connectivity index (χ3v) is 3.81. The van der Waals surface area contributed by atoms with Crippen LogP contribution < -0.4 is 5.32 Å². The van der Waals surface area contributed by atoms with E-state index in [9.17, 15) is 0 Å². The van der Waals surface area contributed by atoms with E-state index in [1.807, 2.05) is 12.4 Å². The zero-order valence-corrected chi connectivity index (χ0v) is 12.8. The Bertz CT molecular complexity index is 517. The number of pyridine rings is 1. The summed E-state index contributed by atoms with van der Waals surface area (Å²) in [6.07, 6.45) is 3.69. The van der Waals surface area contributed by atoms with Crippen molar-refractivity contribution in [3.63, 3.8) is 0 Å². The molecule has 1 heterocycles. The van der Waals surface area contributed by atoms with Gasteiger partial charge in [-0.15, -0.1) is 0 Å². The van der Waals surface area contributed by atoms with E-state index in [0.717, 1.165) is 0 Å². The smallest absolute Gasteiger partial charge is 0.0298 e. The van der Waals surface area contributed by atoms with Crippen molar-refractivity contribution in [2.45, 2.75) is 45.7 Å². The Morgan fingerprint density at radius 3 is 1.65 bits per heavy atom. The molecule has 0 aliphatic carbocycles. The van der Waals surface area contributed by atoms with Gasteiger partial charge in [0, 0.05) is 24.5 Å². The largest absolute Gasteiger partial charge is 0.304 e. The van der Waals surface area contributed by atoms with Crippen molar-refractivity contribution in [1.29, 1.82) is 0 Å². The van der Waals surface area contributed by atoms with Crippen molar-refractivity contribution in [1.82, 2.24) is 10.3 Å². The third kappa shape index (κ3) is 3.67. The number of nitrogens with one attached hydrogen (secondary N) is 1. The lowest BCUT2D eigenvalue weighted by Crippen LogP contribution is -2.22. The topological polar surface area (TPSA) is 24.9 Å². The summed E-state index contributed by atoms with van der Waals surface area (Å²) in [5, 5.41) is 3.63. The van der Waals surface area contributed by atoms with Gasteiger partial charge in [-0.25, -0.2) is 0 Å². The molecule has 0 radical (unpaired) electrons. The molecule has 1 aromatic carbocycles. The first-order valence-electron chi connectivity index (χ1n) is 7.33. The lowest BCUT2D eigenvalue weighted by Gasteiger charge is -2.21. The number of benzene rings is 1. The lowest BCUT2D eigenvalue weighted by atomic mass is 9.99. The molecule has 1 unspecified atom stereocenters. The predicted octanol–water partition coefficient (Wildman–Crippen LogP) is 4.62. The van der Waals surface area contributed by atoms with Crippen LogP contribution in [-0.4, -0.2) is 4.98 Å². The van der Waals surface area contributed by atoms with E-state index in [1.165, 1.54) is 16.7 Å². The molecule has 0 saturated heterocycles. The number of hydrogen-bond donors (Lipinski definition) is 1. The predicted molar refractivity (Wildman–Crippen MR) is 84.7 cm³/mol. The Morgan fingerprint density at radius 1 is 0.700 bits per heavy atom. The van der Waals surface area contributed by atoms with Crippen molar-refractivity contribution >= 4 is 0 Å². The quantitative estimate of drug-likeness (QED) is 0.856. The molecule has 106 valence electrons. The van der Waals surface area contributed by atoms with Gasteiger partial charge in [0.1, 0.15) is 0 Å². The molecule has 2 nitrogen and oxygen atoms in total. The van der Waals surface area contributed by atoms with Gasteiger partial charge in [-0.3, -0.25) is 4.98 Å². The highest BCUT2D eigenvalue weighted by Crippen LogP contribution is 2.21. The molecule has 2 atom stereocenters. The molecule has 2 heteroatoms. The van der Waals surface area contributed by atoms with Crippen LogP contribution in [0, 0.1) is 0 Å². The fourth-order valence-corrected chi connectivity index (χ4v) is 2.39. The van der Waals surface area contributed by atoms with Gasteiger partial charge in [-0.05, 0) is 48.6 Å². The van der Waals surface area contributed by atoms with Gasteiger partial charge >= 0.3 is 0 Å². The second kappa shape index (κ2) is 6.67. The van der Waals surface area contributed by atoms with Gasteiger partial charge in [0.15, 0.2) is 0 Å². The monoisotopic (exact) mass is 268 g/mol. The zero-order chi connectivity index (χ0) is 14.5. The van der Waals surface area contributed by atoms with Crippen LogP contribution in [0.1, 0.15) is 62.4 Å². The summed E-state index contributed by atoms with van der Waals surface area (Å²) in [6.45, 7) is 8.85. The van der Waals surface area contributed by atoms with Crippen LogP contribution in [0.5, 0.6) is 0 Å². The van der Waals surface area contributed by atoms with E-state index >= 15 is 0 Å². The van der Waals surface area contributed by atoms with Gasteiger partial charge in [-0.2, -0.15) is 0 Å². The normalized spacial score (nSPS) is 14.2. The summed E-state index contributed by atoms with van der Waals surface area (Å²) in [4.78, 5) is 4.06. The van der Waals surface area contributed by atoms with Crippen molar-refractivity contribution in [2.24, 2.45) is 0 Å². The van der Waals surface area contributed by atoms with Gasteiger partial charge in [0.25, 0.3) is 0 Å². The minimum absolute atomic E-state index is 0.317. The standard InChI is InChI=1S/C18H24N2/c1-13(2)16-5-7-17(8-6-16)14(3)20-15(4)18-9-11-19-12-10-18/h5-15,20H,1-4H3/t14?,15-/m0/s1. The average Bonchev–Trinajstić information content (AvgIpc) is 2.48. The minimum atomic E-state index is 0.317. The summed E-state index contributed by atoms with van der Waals surface area (Å²) in [5.74, 6) is 0.586.